The van der Waals surface area contributed by atoms with Crippen molar-refractivity contribution in [3.63, 3.8) is 0 Å². The molecule has 3 nitrogen and oxygen atoms in total. The van der Waals surface area contributed by atoms with E-state index in [0.717, 1.165) is 30.7 Å². The topological polar surface area (TPSA) is 42.0 Å². The highest BCUT2D eigenvalue weighted by Gasteiger charge is 2.14. The highest BCUT2D eigenvalue weighted by molar-refractivity contribution is 14.1. The Morgan fingerprint density at radius 1 is 1.00 bits per heavy atom. The van der Waals surface area contributed by atoms with Crippen LogP contribution in [0.15, 0.2) is 72.1 Å². The molecule has 4 aromatic rings. The number of thiophene rings is 1. The number of nitrogens with one attached hydrogen (secondary N) is 1. The molecule has 2 heterocycles. The van der Waals surface area contributed by atoms with Gasteiger partial charge in [0.1, 0.15) is 0 Å². The van der Waals surface area contributed by atoms with Gasteiger partial charge in [0.25, 0.3) is 5.91 Å². The molecule has 0 spiro atoms. The van der Waals surface area contributed by atoms with Gasteiger partial charge in [-0.15, -0.1) is 11.3 Å². The molecule has 0 aliphatic rings. The Kier molecular flexibility index (Phi) is 4.50. The first kappa shape index (κ1) is 16.2. The predicted molar refractivity (Wildman–Crippen MR) is 112 cm³/mol. The minimum Gasteiger partial charge on any atom is -0.322 e. The average molecular weight is 456 g/mol. The van der Waals surface area contributed by atoms with E-state index < -0.39 is 0 Å². The van der Waals surface area contributed by atoms with E-state index >= 15 is 0 Å². The molecular weight excluding hydrogens is 443 g/mol. The van der Waals surface area contributed by atoms with Gasteiger partial charge in [0, 0.05) is 14.6 Å². The largest absolute Gasteiger partial charge is 0.322 e. The quantitative estimate of drug-likeness (QED) is 0.395. The van der Waals surface area contributed by atoms with Crippen molar-refractivity contribution in [2.75, 3.05) is 5.32 Å². The summed E-state index contributed by atoms with van der Waals surface area (Å²) in [7, 11) is 0. The van der Waals surface area contributed by atoms with E-state index in [4.69, 9.17) is 4.98 Å². The molecule has 0 bridgehead atoms. The molecule has 2 aromatic carbocycles. The first-order chi connectivity index (χ1) is 12.2. The van der Waals surface area contributed by atoms with Gasteiger partial charge >= 0.3 is 0 Å². The summed E-state index contributed by atoms with van der Waals surface area (Å²) in [6.07, 6.45) is 0. The van der Waals surface area contributed by atoms with Gasteiger partial charge in [-0.3, -0.25) is 4.79 Å². The summed E-state index contributed by atoms with van der Waals surface area (Å²) in [5.74, 6) is -0.127. The summed E-state index contributed by atoms with van der Waals surface area (Å²) in [6.45, 7) is 0. The van der Waals surface area contributed by atoms with E-state index in [9.17, 15) is 4.79 Å². The highest BCUT2D eigenvalue weighted by atomic mass is 127. The number of pyridine rings is 1. The van der Waals surface area contributed by atoms with Gasteiger partial charge in [-0.2, -0.15) is 0 Å². The van der Waals surface area contributed by atoms with Crippen LogP contribution < -0.4 is 5.32 Å². The Labute approximate surface area is 162 Å². The van der Waals surface area contributed by atoms with Crippen molar-refractivity contribution in [2.24, 2.45) is 0 Å². The van der Waals surface area contributed by atoms with Crippen LogP contribution in [0.1, 0.15) is 10.4 Å². The maximum Gasteiger partial charge on any atom is 0.256 e. The predicted octanol–water partition coefficient (Wildman–Crippen LogP) is 5.82. The number of benzene rings is 2. The van der Waals surface area contributed by atoms with Crippen LogP contribution in [0.25, 0.3) is 21.5 Å². The fraction of sp³-hybridized carbons (Fsp3) is 0. The van der Waals surface area contributed by atoms with Crippen LogP contribution in [0, 0.1) is 3.57 Å². The van der Waals surface area contributed by atoms with Crippen molar-refractivity contribution in [2.45, 2.75) is 0 Å². The Hall–Kier alpha value is -2.25. The zero-order valence-electron chi connectivity index (χ0n) is 13.1. The summed E-state index contributed by atoms with van der Waals surface area (Å²) in [6, 6.07) is 21.4. The molecule has 0 fully saturated rings. The number of anilines is 1. The number of nitrogens with zero attached hydrogens (tertiary/aromatic N) is 1. The smallest absolute Gasteiger partial charge is 0.256 e. The van der Waals surface area contributed by atoms with E-state index in [2.05, 4.69) is 27.9 Å². The zero-order valence-corrected chi connectivity index (χ0v) is 16.0. The number of amides is 1. The molecule has 1 N–H and O–H groups in total. The molecule has 5 heteroatoms. The molecule has 122 valence electrons. The standard InChI is InChI=1S/C20H13IN2OS/c21-13-7-9-14(10-8-13)22-20(24)16-12-18(19-6-3-11-25-19)23-17-5-2-1-4-15(16)17/h1-12H,(H,22,24). The summed E-state index contributed by atoms with van der Waals surface area (Å²) in [5, 5.41) is 5.85. The van der Waals surface area contributed by atoms with E-state index in [1.54, 1.807) is 11.3 Å². The number of hydrogen-bond donors (Lipinski definition) is 1. The third-order valence-electron chi connectivity index (χ3n) is 3.84. The molecule has 0 radical (unpaired) electrons. The fourth-order valence-electron chi connectivity index (χ4n) is 2.65. The highest BCUT2D eigenvalue weighted by Crippen LogP contribution is 2.28. The van der Waals surface area contributed by atoms with Gasteiger partial charge in [0.15, 0.2) is 0 Å². The van der Waals surface area contributed by atoms with E-state index in [1.807, 2.05) is 72.1 Å². The number of aromatic nitrogens is 1. The average Bonchev–Trinajstić information content (AvgIpc) is 3.17. The van der Waals surface area contributed by atoms with Crippen molar-refractivity contribution in [3.05, 3.63) is 81.2 Å². The fourth-order valence-corrected chi connectivity index (χ4v) is 3.69. The lowest BCUT2D eigenvalue weighted by Gasteiger charge is -2.10. The zero-order chi connectivity index (χ0) is 17.2. The maximum atomic E-state index is 12.9. The second kappa shape index (κ2) is 6.93. The molecule has 0 saturated carbocycles. The number of carbonyl (C=O) groups excluding carboxylic acids is 1. The SMILES string of the molecule is O=C(Nc1ccc(I)cc1)c1cc(-c2cccs2)nc2ccccc12. The number of halogens is 1. The van der Waals surface area contributed by atoms with E-state index in [0.29, 0.717) is 5.56 Å². The molecule has 4 rings (SSSR count). The number of hydrogen-bond acceptors (Lipinski definition) is 3. The minimum absolute atomic E-state index is 0.127. The first-order valence-electron chi connectivity index (χ1n) is 7.71. The molecular formula is C20H13IN2OS. The van der Waals surface area contributed by atoms with Gasteiger partial charge in [0.2, 0.25) is 0 Å². The first-order valence-corrected chi connectivity index (χ1v) is 9.67. The van der Waals surface area contributed by atoms with Crippen molar-refractivity contribution in [1.29, 1.82) is 0 Å². The molecule has 0 aliphatic carbocycles. The van der Waals surface area contributed by atoms with Crippen LogP contribution in [-0.2, 0) is 0 Å². The molecule has 0 atom stereocenters. The summed E-state index contributed by atoms with van der Waals surface area (Å²) in [4.78, 5) is 18.7. The molecule has 0 aliphatic heterocycles. The van der Waals surface area contributed by atoms with Gasteiger partial charge < -0.3 is 5.32 Å². The van der Waals surface area contributed by atoms with E-state index in [-0.39, 0.29) is 5.91 Å². The van der Waals surface area contributed by atoms with Crippen LogP contribution in [-0.4, -0.2) is 10.9 Å². The van der Waals surface area contributed by atoms with Crippen LogP contribution in [0.2, 0.25) is 0 Å². The Morgan fingerprint density at radius 2 is 1.80 bits per heavy atom. The molecule has 0 unspecified atom stereocenters. The van der Waals surface area contributed by atoms with Crippen molar-refractivity contribution in [1.82, 2.24) is 4.98 Å². The lowest BCUT2D eigenvalue weighted by atomic mass is 10.1. The molecule has 0 saturated heterocycles. The third-order valence-corrected chi connectivity index (χ3v) is 5.45. The number of para-hydroxylation sites is 1. The lowest BCUT2D eigenvalue weighted by molar-refractivity contribution is 0.102. The second-order valence-corrected chi connectivity index (χ2v) is 7.70. The van der Waals surface area contributed by atoms with Gasteiger partial charge in [0.05, 0.1) is 21.7 Å². The Morgan fingerprint density at radius 3 is 2.56 bits per heavy atom. The third kappa shape index (κ3) is 3.43. The molecule has 25 heavy (non-hydrogen) atoms. The number of fused-ring (bicyclic) bond motifs is 1. The van der Waals surface area contributed by atoms with Crippen molar-refractivity contribution >= 4 is 56.4 Å². The van der Waals surface area contributed by atoms with Crippen LogP contribution in [0.4, 0.5) is 5.69 Å². The molecule has 1 amide bonds. The van der Waals surface area contributed by atoms with Gasteiger partial charge in [-0.25, -0.2) is 4.98 Å². The summed E-state index contributed by atoms with van der Waals surface area (Å²) >= 11 is 3.86. The Balaban J connectivity index is 1.79. The maximum absolute atomic E-state index is 12.9. The van der Waals surface area contributed by atoms with Gasteiger partial charge in [-0.05, 0) is 70.4 Å². The van der Waals surface area contributed by atoms with E-state index in [1.165, 1.54) is 0 Å². The number of rotatable bonds is 3. The normalized spacial score (nSPS) is 10.8. The molecule has 2 aromatic heterocycles. The van der Waals surface area contributed by atoms with Gasteiger partial charge in [-0.1, -0.05) is 24.3 Å². The lowest BCUT2D eigenvalue weighted by Crippen LogP contribution is -2.13. The minimum atomic E-state index is -0.127. The van der Waals surface area contributed by atoms with Crippen LogP contribution in [0.5, 0.6) is 0 Å². The van der Waals surface area contributed by atoms with Crippen LogP contribution in [0.3, 0.4) is 0 Å². The second-order valence-electron chi connectivity index (χ2n) is 5.51. The van der Waals surface area contributed by atoms with Crippen molar-refractivity contribution < 1.29 is 4.79 Å². The van der Waals surface area contributed by atoms with Crippen LogP contribution >= 0.6 is 33.9 Å². The summed E-state index contributed by atoms with van der Waals surface area (Å²) < 4.78 is 1.13. The Bertz CT molecular complexity index is 1040. The number of carbonyl (C=O) groups is 1. The summed E-state index contributed by atoms with van der Waals surface area (Å²) in [5.41, 5.74) is 3.05. The van der Waals surface area contributed by atoms with Crippen molar-refractivity contribution in [3.8, 4) is 10.6 Å². The monoisotopic (exact) mass is 456 g/mol.